The lowest BCUT2D eigenvalue weighted by atomic mass is 10.2. The number of hydrogen-bond donors (Lipinski definition) is 1. The van der Waals surface area contributed by atoms with Gasteiger partial charge in [0, 0.05) is 19.2 Å². The molecule has 1 amide bonds. The van der Waals surface area contributed by atoms with Gasteiger partial charge in [0.2, 0.25) is 5.56 Å². The highest BCUT2D eigenvalue weighted by Gasteiger charge is 2.26. The van der Waals surface area contributed by atoms with Crippen molar-refractivity contribution in [2.45, 2.75) is 26.1 Å². The van der Waals surface area contributed by atoms with E-state index in [1.54, 1.807) is 17.0 Å². The molecule has 1 aromatic heterocycles. The number of pyridine rings is 1. The van der Waals surface area contributed by atoms with Gasteiger partial charge in [-0.3, -0.25) is 9.59 Å². The van der Waals surface area contributed by atoms with E-state index >= 15 is 0 Å². The molecule has 2 heterocycles. The van der Waals surface area contributed by atoms with E-state index in [0.717, 1.165) is 0 Å². The first-order chi connectivity index (χ1) is 8.06. The smallest absolute Gasteiger partial charge is 0.270 e. The number of H-pyrrole nitrogens is 1. The molecule has 0 radical (unpaired) electrons. The summed E-state index contributed by atoms with van der Waals surface area (Å²) in [6.45, 7) is 4.98. The number of aromatic amines is 1. The molecule has 2 rings (SSSR count). The van der Waals surface area contributed by atoms with E-state index in [-0.39, 0.29) is 23.7 Å². The van der Waals surface area contributed by atoms with Gasteiger partial charge in [-0.2, -0.15) is 0 Å². The van der Waals surface area contributed by atoms with Crippen LogP contribution in [0.2, 0.25) is 0 Å². The standard InChI is InChI=1S/C12H16N2O3/c1-8-6-14(7-9(2)17-8)12(16)10-4-3-5-11(15)13-10/h3-5,8-9H,6-7H2,1-2H3,(H,13,15). The molecular weight excluding hydrogens is 220 g/mol. The molecule has 1 N–H and O–H groups in total. The summed E-state index contributed by atoms with van der Waals surface area (Å²) in [5, 5.41) is 0. The van der Waals surface area contributed by atoms with Crippen molar-refractivity contribution in [3.05, 3.63) is 34.2 Å². The Kier molecular flexibility index (Phi) is 3.28. The summed E-state index contributed by atoms with van der Waals surface area (Å²) in [7, 11) is 0. The Hall–Kier alpha value is -1.62. The number of aromatic nitrogens is 1. The van der Waals surface area contributed by atoms with Crippen molar-refractivity contribution < 1.29 is 9.53 Å². The highest BCUT2D eigenvalue weighted by atomic mass is 16.5. The predicted octanol–water partition coefficient (Wildman–Crippen LogP) is 0.624. The summed E-state index contributed by atoms with van der Waals surface area (Å²) in [5.41, 5.74) is 0.0732. The topological polar surface area (TPSA) is 62.4 Å². The van der Waals surface area contributed by atoms with Crippen LogP contribution in [0.4, 0.5) is 0 Å². The average Bonchev–Trinajstić information content (AvgIpc) is 2.26. The van der Waals surface area contributed by atoms with Crippen LogP contribution >= 0.6 is 0 Å². The molecule has 1 aliphatic heterocycles. The van der Waals surface area contributed by atoms with Crippen LogP contribution in [-0.2, 0) is 4.74 Å². The number of nitrogens with one attached hydrogen (secondary N) is 1. The summed E-state index contributed by atoms with van der Waals surface area (Å²) in [4.78, 5) is 27.6. The quantitative estimate of drug-likeness (QED) is 0.777. The van der Waals surface area contributed by atoms with Crippen molar-refractivity contribution in [2.75, 3.05) is 13.1 Å². The summed E-state index contributed by atoms with van der Waals surface area (Å²) < 4.78 is 5.56. The number of nitrogens with zero attached hydrogens (tertiary/aromatic N) is 1. The molecule has 5 heteroatoms. The second kappa shape index (κ2) is 4.71. The number of amides is 1. The first kappa shape index (κ1) is 11.9. The second-order valence-corrected chi connectivity index (χ2v) is 4.40. The molecule has 1 aliphatic rings. The molecule has 17 heavy (non-hydrogen) atoms. The van der Waals surface area contributed by atoms with Gasteiger partial charge in [-0.1, -0.05) is 6.07 Å². The molecular formula is C12H16N2O3. The Labute approximate surface area is 99.4 Å². The van der Waals surface area contributed by atoms with Crippen molar-refractivity contribution in [2.24, 2.45) is 0 Å². The summed E-state index contributed by atoms with van der Waals surface area (Å²) >= 11 is 0. The third-order valence-electron chi connectivity index (χ3n) is 2.71. The molecule has 1 fully saturated rings. The molecule has 1 saturated heterocycles. The number of rotatable bonds is 1. The van der Waals surface area contributed by atoms with Gasteiger partial charge in [0.25, 0.3) is 5.91 Å². The molecule has 2 unspecified atom stereocenters. The van der Waals surface area contributed by atoms with Gasteiger partial charge in [-0.25, -0.2) is 0 Å². The lowest BCUT2D eigenvalue weighted by Crippen LogP contribution is -2.48. The van der Waals surface area contributed by atoms with Gasteiger partial charge >= 0.3 is 0 Å². The lowest BCUT2D eigenvalue weighted by Gasteiger charge is -2.35. The number of ether oxygens (including phenoxy) is 1. The van der Waals surface area contributed by atoms with Crippen LogP contribution in [0.25, 0.3) is 0 Å². The van der Waals surface area contributed by atoms with Crippen LogP contribution in [0.3, 0.4) is 0 Å². The zero-order chi connectivity index (χ0) is 12.4. The van der Waals surface area contributed by atoms with E-state index in [1.807, 2.05) is 13.8 Å². The van der Waals surface area contributed by atoms with E-state index in [2.05, 4.69) is 4.98 Å². The number of carbonyl (C=O) groups excluding carboxylic acids is 1. The van der Waals surface area contributed by atoms with E-state index in [4.69, 9.17) is 4.74 Å². The predicted molar refractivity (Wildman–Crippen MR) is 63.0 cm³/mol. The number of morpholine rings is 1. The third-order valence-corrected chi connectivity index (χ3v) is 2.71. The van der Waals surface area contributed by atoms with Crippen molar-refractivity contribution in [1.82, 2.24) is 9.88 Å². The van der Waals surface area contributed by atoms with Crippen molar-refractivity contribution in [3.8, 4) is 0 Å². The van der Waals surface area contributed by atoms with E-state index in [9.17, 15) is 9.59 Å². The lowest BCUT2D eigenvalue weighted by molar-refractivity contribution is -0.0587. The Morgan fingerprint density at radius 3 is 2.59 bits per heavy atom. The summed E-state index contributed by atoms with van der Waals surface area (Å²) in [6, 6.07) is 4.59. The Morgan fingerprint density at radius 1 is 1.35 bits per heavy atom. The zero-order valence-corrected chi connectivity index (χ0v) is 9.97. The largest absolute Gasteiger partial charge is 0.372 e. The van der Waals surface area contributed by atoms with Gasteiger partial charge in [-0.15, -0.1) is 0 Å². The molecule has 1 aromatic rings. The average molecular weight is 236 g/mol. The maximum absolute atomic E-state index is 12.1. The molecule has 0 saturated carbocycles. The third kappa shape index (κ3) is 2.74. The van der Waals surface area contributed by atoms with Gasteiger partial charge in [0.15, 0.2) is 0 Å². The minimum Gasteiger partial charge on any atom is -0.372 e. The summed E-state index contributed by atoms with van der Waals surface area (Å²) in [5.74, 6) is -0.148. The minimum atomic E-state index is -0.259. The van der Waals surface area contributed by atoms with E-state index in [1.165, 1.54) is 6.07 Å². The SMILES string of the molecule is CC1CN(C(=O)c2cccc(=O)[nH]2)CC(C)O1. The van der Waals surface area contributed by atoms with Gasteiger partial charge < -0.3 is 14.6 Å². The fourth-order valence-electron chi connectivity index (χ4n) is 2.09. The Balaban J connectivity index is 2.17. The maximum atomic E-state index is 12.1. The number of hydrogen-bond acceptors (Lipinski definition) is 3. The van der Waals surface area contributed by atoms with Crippen LogP contribution < -0.4 is 5.56 Å². The van der Waals surface area contributed by atoms with Crippen molar-refractivity contribution in [1.29, 1.82) is 0 Å². The molecule has 0 aromatic carbocycles. The zero-order valence-electron chi connectivity index (χ0n) is 9.97. The fraction of sp³-hybridized carbons (Fsp3) is 0.500. The highest BCUT2D eigenvalue weighted by molar-refractivity contribution is 5.92. The highest BCUT2D eigenvalue weighted by Crippen LogP contribution is 2.12. The van der Waals surface area contributed by atoms with E-state index in [0.29, 0.717) is 18.8 Å². The van der Waals surface area contributed by atoms with Crippen LogP contribution in [0, 0.1) is 0 Å². The number of carbonyl (C=O) groups is 1. The Bertz CT molecular complexity index is 459. The van der Waals surface area contributed by atoms with Gasteiger partial charge in [-0.05, 0) is 19.9 Å². The van der Waals surface area contributed by atoms with Crippen LogP contribution in [0.15, 0.2) is 23.0 Å². The van der Waals surface area contributed by atoms with Crippen molar-refractivity contribution >= 4 is 5.91 Å². The summed E-state index contributed by atoms with van der Waals surface area (Å²) in [6.07, 6.45) is 0.0521. The normalized spacial score (nSPS) is 24.7. The first-order valence-corrected chi connectivity index (χ1v) is 5.70. The Morgan fingerprint density at radius 2 is 2.00 bits per heavy atom. The monoisotopic (exact) mass is 236 g/mol. The molecule has 0 aliphatic carbocycles. The molecule has 0 bridgehead atoms. The molecule has 0 spiro atoms. The maximum Gasteiger partial charge on any atom is 0.270 e. The molecule has 92 valence electrons. The van der Waals surface area contributed by atoms with Crippen molar-refractivity contribution in [3.63, 3.8) is 0 Å². The first-order valence-electron chi connectivity index (χ1n) is 5.70. The second-order valence-electron chi connectivity index (χ2n) is 4.40. The van der Waals surface area contributed by atoms with Crippen LogP contribution in [0.5, 0.6) is 0 Å². The fourth-order valence-corrected chi connectivity index (χ4v) is 2.09. The van der Waals surface area contributed by atoms with Crippen LogP contribution in [-0.4, -0.2) is 41.1 Å². The van der Waals surface area contributed by atoms with Gasteiger partial charge in [0.1, 0.15) is 5.69 Å². The minimum absolute atomic E-state index is 0.0261. The van der Waals surface area contributed by atoms with Crippen LogP contribution in [0.1, 0.15) is 24.3 Å². The van der Waals surface area contributed by atoms with Gasteiger partial charge in [0.05, 0.1) is 12.2 Å². The molecule has 5 nitrogen and oxygen atoms in total. The van der Waals surface area contributed by atoms with E-state index < -0.39 is 0 Å². The molecule has 2 atom stereocenters.